The van der Waals surface area contributed by atoms with Crippen molar-refractivity contribution in [2.24, 2.45) is 17.6 Å². The Morgan fingerprint density at radius 3 is 2.69 bits per heavy atom. The number of carboxylic acids is 1. The van der Waals surface area contributed by atoms with Gasteiger partial charge in [-0.05, 0) is 62.8 Å². The van der Waals surface area contributed by atoms with Gasteiger partial charge in [0.25, 0.3) is 0 Å². The zero-order valence-corrected chi connectivity index (χ0v) is 22.5. The van der Waals surface area contributed by atoms with Crippen molar-refractivity contribution in [1.29, 1.82) is 0 Å². The molecule has 0 saturated carbocycles. The molecule has 3 rings (SSSR count). The summed E-state index contributed by atoms with van der Waals surface area (Å²) in [6, 6.07) is 5.90. The molecule has 1 amide bonds. The Bertz CT molecular complexity index is 919. The topological polar surface area (TPSA) is 96.1 Å². The largest absolute Gasteiger partial charge is 0.493 e. The third-order valence-corrected chi connectivity index (χ3v) is 7.51. The molecule has 200 valence electrons. The van der Waals surface area contributed by atoms with Crippen molar-refractivity contribution >= 4 is 11.9 Å². The summed E-state index contributed by atoms with van der Waals surface area (Å²) in [5, 5.41) is 10.4. The number of nitrogens with two attached hydrogens (primary N) is 1. The van der Waals surface area contributed by atoms with Gasteiger partial charge in [-0.2, -0.15) is 0 Å². The molecule has 0 radical (unpaired) electrons. The first-order valence-corrected chi connectivity index (χ1v) is 13.6. The number of amides is 1. The second-order valence-corrected chi connectivity index (χ2v) is 10.8. The normalized spacial score (nSPS) is 22.1. The Balaban J connectivity index is 1.89. The standard InChI is InChI=1S/C29H45N3O4/c1-5-6-12-31(13-7-11-30)27(33)19-32-18-24(22-8-9-26-23(17-22)10-14-36-26)28(29(34)35)25(32)16-21(4)15-20(2)3/h8-9,15,17,21,24-25,28H,5-7,10-14,16,18-19,30H2,1-4H3,(H,34,35)/t21-,24-,25+,28-/m1/s1. The third-order valence-electron chi connectivity index (χ3n) is 7.51. The zero-order chi connectivity index (χ0) is 26.2. The highest BCUT2D eigenvalue weighted by atomic mass is 16.5. The number of carbonyl (C=O) groups is 2. The summed E-state index contributed by atoms with van der Waals surface area (Å²) >= 11 is 0. The van der Waals surface area contributed by atoms with Crippen LogP contribution in [0.1, 0.15) is 70.4 Å². The minimum absolute atomic E-state index is 0.0731. The number of nitrogens with zero attached hydrogens (tertiary/aromatic N) is 2. The van der Waals surface area contributed by atoms with Gasteiger partial charge in [-0.1, -0.05) is 44.1 Å². The van der Waals surface area contributed by atoms with E-state index in [1.54, 1.807) is 0 Å². The number of carboxylic acid groups (broad SMARTS) is 1. The third kappa shape index (κ3) is 7.10. The summed E-state index contributed by atoms with van der Waals surface area (Å²) in [5.41, 5.74) is 9.13. The van der Waals surface area contributed by atoms with Gasteiger partial charge >= 0.3 is 5.97 Å². The van der Waals surface area contributed by atoms with Gasteiger partial charge in [-0.15, -0.1) is 0 Å². The minimum Gasteiger partial charge on any atom is -0.493 e. The molecule has 7 nitrogen and oxygen atoms in total. The molecule has 0 unspecified atom stereocenters. The van der Waals surface area contributed by atoms with Crippen LogP contribution in [-0.2, 0) is 16.0 Å². The molecule has 2 aliphatic rings. The number of hydrogen-bond acceptors (Lipinski definition) is 5. The van der Waals surface area contributed by atoms with E-state index in [4.69, 9.17) is 10.5 Å². The summed E-state index contributed by atoms with van der Waals surface area (Å²) in [4.78, 5) is 30.2. The highest BCUT2D eigenvalue weighted by molar-refractivity contribution is 5.79. The van der Waals surface area contributed by atoms with Crippen LogP contribution in [0.15, 0.2) is 29.8 Å². The van der Waals surface area contributed by atoms with Gasteiger partial charge in [0.15, 0.2) is 0 Å². The highest BCUT2D eigenvalue weighted by Gasteiger charge is 2.47. The van der Waals surface area contributed by atoms with E-state index in [9.17, 15) is 14.7 Å². The van der Waals surface area contributed by atoms with E-state index in [1.807, 2.05) is 17.0 Å². The van der Waals surface area contributed by atoms with E-state index < -0.39 is 11.9 Å². The van der Waals surface area contributed by atoms with Crippen molar-refractivity contribution in [1.82, 2.24) is 9.80 Å². The second-order valence-electron chi connectivity index (χ2n) is 10.8. The van der Waals surface area contributed by atoms with E-state index >= 15 is 0 Å². The van der Waals surface area contributed by atoms with Crippen LogP contribution < -0.4 is 10.5 Å². The maximum atomic E-state index is 13.5. The van der Waals surface area contributed by atoms with Gasteiger partial charge in [-0.3, -0.25) is 14.5 Å². The number of unbranched alkanes of at least 4 members (excludes halogenated alkanes) is 1. The summed E-state index contributed by atoms with van der Waals surface area (Å²) in [7, 11) is 0. The average molecular weight is 500 g/mol. The van der Waals surface area contributed by atoms with Crippen LogP contribution >= 0.6 is 0 Å². The molecule has 0 spiro atoms. The van der Waals surface area contributed by atoms with Gasteiger partial charge in [0.1, 0.15) is 5.75 Å². The highest BCUT2D eigenvalue weighted by Crippen LogP contribution is 2.42. The van der Waals surface area contributed by atoms with Crippen LogP contribution in [0.4, 0.5) is 0 Å². The van der Waals surface area contributed by atoms with Crippen LogP contribution in [-0.4, -0.2) is 72.2 Å². The van der Waals surface area contributed by atoms with E-state index in [1.165, 1.54) is 5.57 Å². The molecular weight excluding hydrogens is 454 g/mol. The molecule has 1 aromatic rings. The number of ether oxygens (including phenoxy) is 1. The predicted molar refractivity (Wildman–Crippen MR) is 143 cm³/mol. The summed E-state index contributed by atoms with van der Waals surface area (Å²) in [5.74, 6) is -0.329. The van der Waals surface area contributed by atoms with E-state index in [-0.39, 0.29) is 30.3 Å². The molecule has 1 saturated heterocycles. The Morgan fingerprint density at radius 2 is 2.03 bits per heavy atom. The van der Waals surface area contributed by atoms with Gasteiger partial charge in [0.2, 0.25) is 5.91 Å². The van der Waals surface area contributed by atoms with Crippen LogP contribution in [0.3, 0.4) is 0 Å². The molecule has 3 N–H and O–H groups in total. The smallest absolute Gasteiger partial charge is 0.308 e. The molecule has 0 aromatic heterocycles. The zero-order valence-electron chi connectivity index (χ0n) is 22.5. The van der Waals surface area contributed by atoms with Gasteiger partial charge in [0.05, 0.1) is 19.1 Å². The number of aliphatic carboxylic acids is 1. The van der Waals surface area contributed by atoms with E-state index in [2.05, 4.69) is 44.7 Å². The van der Waals surface area contributed by atoms with Gasteiger partial charge in [0, 0.05) is 38.0 Å². The molecule has 2 heterocycles. The Kier molecular flexibility index (Phi) is 10.4. The Labute approximate surface area is 216 Å². The molecule has 1 aromatic carbocycles. The maximum Gasteiger partial charge on any atom is 0.308 e. The van der Waals surface area contributed by atoms with Crippen molar-refractivity contribution in [3.05, 3.63) is 41.0 Å². The van der Waals surface area contributed by atoms with Crippen LogP contribution in [0.25, 0.3) is 0 Å². The number of rotatable bonds is 13. The molecule has 1 fully saturated rings. The van der Waals surface area contributed by atoms with Crippen molar-refractivity contribution in [3.63, 3.8) is 0 Å². The monoisotopic (exact) mass is 499 g/mol. The lowest BCUT2D eigenvalue weighted by Gasteiger charge is -2.31. The molecule has 0 aliphatic carbocycles. The molecule has 7 heteroatoms. The SMILES string of the molecule is CCCCN(CCCN)C(=O)CN1C[C@H](c2ccc3c(c2)CCO3)[C@@H](C(=O)O)[C@@H]1C[C@H](C)C=C(C)C. The number of allylic oxidation sites excluding steroid dienone is 2. The van der Waals surface area contributed by atoms with Gasteiger partial charge < -0.3 is 20.5 Å². The fraction of sp³-hybridized carbons (Fsp3) is 0.655. The molecule has 36 heavy (non-hydrogen) atoms. The second kappa shape index (κ2) is 13.2. The number of likely N-dealkylation sites (tertiary alicyclic amines) is 1. The fourth-order valence-corrected chi connectivity index (χ4v) is 5.84. The molecular formula is C29H45N3O4. The van der Waals surface area contributed by atoms with Crippen LogP contribution in [0, 0.1) is 11.8 Å². The lowest BCUT2D eigenvalue weighted by Crippen LogP contribution is -2.45. The number of carbonyl (C=O) groups excluding carboxylic acids is 1. The minimum atomic E-state index is -0.785. The van der Waals surface area contributed by atoms with Crippen LogP contribution in [0.5, 0.6) is 5.75 Å². The lowest BCUT2D eigenvalue weighted by atomic mass is 9.81. The maximum absolute atomic E-state index is 13.5. The van der Waals surface area contributed by atoms with E-state index in [0.717, 1.165) is 49.1 Å². The number of hydrogen-bond donors (Lipinski definition) is 2. The molecule has 0 bridgehead atoms. The van der Waals surface area contributed by atoms with Gasteiger partial charge in [-0.25, -0.2) is 0 Å². The fourth-order valence-electron chi connectivity index (χ4n) is 5.84. The number of benzene rings is 1. The first-order valence-electron chi connectivity index (χ1n) is 13.6. The quantitative estimate of drug-likeness (QED) is 0.398. The summed E-state index contributed by atoms with van der Waals surface area (Å²) in [6.07, 6.45) is 6.50. The first-order chi connectivity index (χ1) is 17.2. The van der Waals surface area contributed by atoms with Crippen molar-refractivity contribution in [2.45, 2.75) is 71.8 Å². The Hall–Kier alpha value is -2.38. The van der Waals surface area contributed by atoms with E-state index in [0.29, 0.717) is 32.7 Å². The average Bonchev–Trinajstić information content (AvgIpc) is 3.42. The van der Waals surface area contributed by atoms with Crippen molar-refractivity contribution in [3.8, 4) is 5.75 Å². The van der Waals surface area contributed by atoms with Crippen LogP contribution in [0.2, 0.25) is 0 Å². The number of fused-ring (bicyclic) bond motifs is 1. The predicted octanol–water partition coefficient (Wildman–Crippen LogP) is 4.06. The Morgan fingerprint density at radius 1 is 1.28 bits per heavy atom. The first kappa shape index (κ1) is 28.2. The van der Waals surface area contributed by atoms with Crippen molar-refractivity contribution < 1.29 is 19.4 Å². The molecule has 4 atom stereocenters. The molecule has 2 aliphatic heterocycles. The lowest BCUT2D eigenvalue weighted by molar-refractivity contribution is -0.144. The summed E-state index contributed by atoms with van der Waals surface area (Å²) < 4.78 is 5.67. The summed E-state index contributed by atoms with van der Waals surface area (Å²) in [6.45, 7) is 11.8. The van der Waals surface area contributed by atoms with Crippen molar-refractivity contribution in [2.75, 3.05) is 39.3 Å².